The van der Waals surface area contributed by atoms with E-state index >= 15 is 0 Å². The summed E-state index contributed by atoms with van der Waals surface area (Å²) in [6, 6.07) is 2.93. The Bertz CT molecular complexity index is 594. The molecule has 100 valence electrons. The number of carbonyl (C=O) groups is 1. The van der Waals surface area contributed by atoms with Crippen molar-refractivity contribution in [3.05, 3.63) is 30.1 Å². The van der Waals surface area contributed by atoms with Crippen molar-refractivity contribution in [1.29, 1.82) is 0 Å². The fraction of sp³-hybridized carbons (Fsp3) is 0.231. The fourth-order valence-electron chi connectivity index (χ4n) is 1.87. The lowest BCUT2D eigenvalue weighted by atomic mass is 10.0. The van der Waals surface area contributed by atoms with E-state index in [9.17, 15) is 4.79 Å². The largest absolute Gasteiger partial charge is 0.496 e. The zero-order valence-corrected chi connectivity index (χ0v) is 10.9. The zero-order chi connectivity index (χ0) is 14.0. The minimum absolute atomic E-state index is 0.112. The lowest BCUT2D eigenvalue weighted by Gasteiger charge is -2.13. The van der Waals surface area contributed by atoms with Crippen molar-refractivity contribution in [2.24, 2.45) is 7.05 Å². The topological polar surface area (TPSA) is 73.6 Å². The van der Waals surface area contributed by atoms with Crippen molar-refractivity contribution in [2.75, 3.05) is 14.2 Å². The van der Waals surface area contributed by atoms with Crippen LogP contribution < -0.4 is 9.47 Å². The van der Waals surface area contributed by atoms with E-state index in [2.05, 4.69) is 5.10 Å². The summed E-state index contributed by atoms with van der Waals surface area (Å²) in [6.07, 6.45) is 3.47. The molecule has 2 aromatic rings. The molecule has 1 heterocycles. The second kappa shape index (κ2) is 5.01. The second-order valence-electron chi connectivity index (χ2n) is 3.96. The number of carboxylic acid groups (broad SMARTS) is 1. The van der Waals surface area contributed by atoms with Crippen LogP contribution in [0.2, 0.25) is 0 Å². The van der Waals surface area contributed by atoms with Crippen LogP contribution >= 0.6 is 0 Å². The van der Waals surface area contributed by atoms with Gasteiger partial charge >= 0.3 is 5.97 Å². The first-order chi connectivity index (χ1) is 9.06. The number of ether oxygens (including phenoxy) is 2. The molecule has 2 rings (SSSR count). The molecule has 1 aromatic heterocycles. The highest BCUT2D eigenvalue weighted by molar-refractivity contribution is 5.91. The van der Waals surface area contributed by atoms with Gasteiger partial charge in [-0.3, -0.25) is 4.68 Å². The molecule has 0 saturated carbocycles. The number of nitrogens with zero attached hydrogens (tertiary/aromatic N) is 2. The van der Waals surface area contributed by atoms with Crippen LogP contribution in [0.3, 0.4) is 0 Å². The van der Waals surface area contributed by atoms with Crippen LogP contribution in [0, 0.1) is 0 Å². The first-order valence-electron chi connectivity index (χ1n) is 5.55. The molecule has 0 amide bonds. The molecular formula is C13H14N2O4. The van der Waals surface area contributed by atoms with E-state index in [-0.39, 0.29) is 5.56 Å². The second-order valence-corrected chi connectivity index (χ2v) is 3.96. The Morgan fingerprint density at radius 3 is 2.21 bits per heavy atom. The van der Waals surface area contributed by atoms with Gasteiger partial charge in [0, 0.05) is 18.8 Å². The van der Waals surface area contributed by atoms with Crippen LogP contribution in [0.25, 0.3) is 11.1 Å². The smallest absolute Gasteiger partial charge is 0.335 e. The summed E-state index contributed by atoms with van der Waals surface area (Å²) < 4.78 is 12.2. The first-order valence-corrected chi connectivity index (χ1v) is 5.55. The highest BCUT2D eigenvalue weighted by atomic mass is 16.5. The maximum Gasteiger partial charge on any atom is 0.335 e. The molecule has 6 heteroatoms. The molecular weight excluding hydrogens is 248 g/mol. The molecule has 0 radical (unpaired) electrons. The Morgan fingerprint density at radius 2 is 1.84 bits per heavy atom. The minimum atomic E-state index is -1.03. The normalized spacial score (nSPS) is 10.3. The first kappa shape index (κ1) is 12.9. The van der Waals surface area contributed by atoms with Gasteiger partial charge < -0.3 is 14.6 Å². The van der Waals surface area contributed by atoms with Crippen molar-refractivity contribution in [1.82, 2.24) is 9.78 Å². The predicted molar refractivity (Wildman–Crippen MR) is 68.7 cm³/mol. The van der Waals surface area contributed by atoms with E-state index in [4.69, 9.17) is 14.6 Å². The molecule has 19 heavy (non-hydrogen) atoms. The highest BCUT2D eigenvalue weighted by Gasteiger charge is 2.18. The third-order valence-electron chi connectivity index (χ3n) is 2.75. The maximum absolute atomic E-state index is 11.1. The quantitative estimate of drug-likeness (QED) is 0.909. The summed E-state index contributed by atoms with van der Waals surface area (Å²) in [7, 11) is 4.77. The average molecular weight is 262 g/mol. The van der Waals surface area contributed by atoms with Gasteiger partial charge in [-0.15, -0.1) is 0 Å². The third-order valence-corrected chi connectivity index (χ3v) is 2.75. The molecule has 0 bridgehead atoms. The summed E-state index contributed by atoms with van der Waals surface area (Å²) in [5, 5.41) is 13.2. The number of aromatic carboxylic acids is 1. The monoisotopic (exact) mass is 262 g/mol. The number of aryl methyl sites for hydroxylation is 1. The molecule has 6 nitrogen and oxygen atoms in total. The maximum atomic E-state index is 11.1. The van der Waals surface area contributed by atoms with Crippen molar-refractivity contribution in [3.63, 3.8) is 0 Å². The lowest BCUT2D eigenvalue weighted by Crippen LogP contribution is -2.00. The number of aromatic nitrogens is 2. The molecule has 0 aliphatic heterocycles. The van der Waals surface area contributed by atoms with Gasteiger partial charge in [-0.25, -0.2) is 4.79 Å². The fourth-order valence-corrected chi connectivity index (χ4v) is 1.87. The summed E-state index contributed by atoms with van der Waals surface area (Å²) in [6.45, 7) is 0. The minimum Gasteiger partial charge on any atom is -0.496 e. The molecule has 0 aliphatic carbocycles. The number of carboxylic acids is 1. The molecule has 0 saturated heterocycles. The van der Waals surface area contributed by atoms with E-state index < -0.39 is 5.97 Å². The van der Waals surface area contributed by atoms with Gasteiger partial charge in [-0.1, -0.05) is 0 Å². The Kier molecular flexibility index (Phi) is 3.41. The van der Waals surface area contributed by atoms with Gasteiger partial charge in [0.2, 0.25) is 0 Å². The Labute approximate surface area is 110 Å². The van der Waals surface area contributed by atoms with E-state index in [1.54, 1.807) is 24.1 Å². The molecule has 0 atom stereocenters. The van der Waals surface area contributed by atoms with Crippen LogP contribution in [0.15, 0.2) is 24.5 Å². The Hall–Kier alpha value is -2.50. The van der Waals surface area contributed by atoms with Crippen LogP contribution in [0.4, 0.5) is 0 Å². The van der Waals surface area contributed by atoms with E-state index in [1.165, 1.54) is 26.4 Å². The highest BCUT2D eigenvalue weighted by Crippen LogP contribution is 2.39. The molecule has 0 spiro atoms. The number of rotatable bonds is 4. The number of benzene rings is 1. The molecule has 0 unspecified atom stereocenters. The third kappa shape index (κ3) is 2.37. The van der Waals surface area contributed by atoms with Crippen LogP contribution in [-0.2, 0) is 7.05 Å². The Balaban J connectivity index is 2.67. The van der Waals surface area contributed by atoms with Gasteiger partial charge in [-0.2, -0.15) is 5.10 Å². The standard InChI is InChI=1S/C13H14N2O4/c1-15-7-9(6-14-15)12-10(18-2)4-8(13(16)17)5-11(12)19-3/h4-7H,1-3H3,(H,16,17). The van der Waals surface area contributed by atoms with Crippen molar-refractivity contribution in [3.8, 4) is 22.6 Å². The van der Waals surface area contributed by atoms with Crippen LogP contribution in [-0.4, -0.2) is 35.1 Å². The van der Waals surface area contributed by atoms with Gasteiger partial charge in [0.05, 0.1) is 31.5 Å². The summed E-state index contributed by atoms with van der Waals surface area (Å²) in [4.78, 5) is 11.1. The zero-order valence-electron chi connectivity index (χ0n) is 10.9. The van der Waals surface area contributed by atoms with Crippen LogP contribution in [0.1, 0.15) is 10.4 Å². The number of hydrogen-bond donors (Lipinski definition) is 1. The molecule has 1 N–H and O–H groups in total. The van der Waals surface area contributed by atoms with E-state index in [0.29, 0.717) is 17.1 Å². The van der Waals surface area contributed by atoms with Crippen LogP contribution in [0.5, 0.6) is 11.5 Å². The van der Waals surface area contributed by atoms with Gasteiger partial charge in [0.25, 0.3) is 0 Å². The van der Waals surface area contributed by atoms with Gasteiger partial charge in [0.1, 0.15) is 11.5 Å². The SMILES string of the molecule is COc1cc(C(=O)O)cc(OC)c1-c1cnn(C)c1. The van der Waals surface area contributed by atoms with E-state index in [1.807, 2.05) is 0 Å². The average Bonchev–Trinajstić information content (AvgIpc) is 2.83. The lowest BCUT2D eigenvalue weighted by molar-refractivity contribution is 0.0696. The summed E-state index contributed by atoms with van der Waals surface area (Å²) in [5.41, 5.74) is 1.59. The molecule has 0 fully saturated rings. The Morgan fingerprint density at radius 1 is 1.26 bits per heavy atom. The number of hydrogen-bond acceptors (Lipinski definition) is 4. The summed E-state index contributed by atoms with van der Waals surface area (Å²) in [5.74, 6) is -0.163. The van der Waals surface area contributed by atoms with Crippen molar-refractivity contribution >= 4 is 5.97 Å². The summed E-state index contributed by atoms with van der Waals surface area (Å²) >= 11 is 0. The number of methoxy groups -OCH3 is 2. The molecule has 1 aromatic carbocycles. The van der Waals surface area contributed by atoms with Crippen molar-refractivity contribution in [2.45, 2.75) is 0 Å². The predicted octanol–water partition coefficient (Wildman–Crippen LogP) is 1.80. The van der Waals surface area contributed by atoms with E-state index in [0.717, 1.165) is 5.56 Å². The van der Waals surface area contributed by atoms with Gasteiger partial charge in [-0.05, 0) is 12.1 Å². The molecule has 0 aliphatic rings. The van der Waals surface area contributed by atoms with Gasteiger partial charge in [0.15, 0.2) is 0 Å². The van der Waals surface area contributed by atoms with Crippen molar-refractivity contribution < 1.29 is 19.4 Å².